The summed E-state index contributed by atoms with van der Waals surface area (Å²) in [4.78, 5) is 0. The molecule has 0 unspecified atom stereocenters. The van der Waals surface area contributed by atoms with Gasteiger partial charge in [-0.15, -0.1) is 0 Å². The molecule has 0 N–H and O–H groups in total. The summed E-state index contributed by atoms with van der Waals surface area (Å²) < 4.78 is 5.47. The maximum Gasteiger partial charge on any atom is 0.0697 e. The zero-order chi connectivity index (χ0) is 10.4. The minimum Gasteiger partial charge on any atom is -0.380 e. The molecule has 2 saturated carbocycles. The number of nitrogens with zero attached hydrogens (tertiary/aromatic N) is 1. The second-order valence-electron chi connectivity index (χ2n) is 5.68. The van der Waals surface area contributed by atoms with Crippen LogP contribution in [0.25, 0.3) is 0 Å². The van der Waals surface area contributed by atoms with Crippen LogP contribution in [0, 0.1) is 28.1 Å². The first-order valence-electron chi connectivity index (χ1n) is 6.32. The monoisotopic (exact) mass is 205 g/mol. The Morgan fingerprint density at radius 1 is 1.07 bits per heavy atom. The molecule has 0 spiro atoms. The van der Waals surface area contributed by atoms with E-state index in [0.29, 0.717) is 0 Å². The van der Waals surface area contributed by atoms with Gasteiger partial charge in [0.15, 0.2) is 0 Å². The van der Waals surface area contributed by atoms with E-state index >= 15 is 0 Å². The zero-order valence-corrected chi connectivity index (χ0v) is 9.30. The Morgan fingerprint density at radius 3 is 2.13 bits per heavy atom. The molecule has 0 bridgehead atoms. The van der Waals surface area contributed by atoms with E-state index in [1.54, 1.807) is 0 Å². The Labute approximate surface area is 91.6 Å². The highest BCUT2D eigenvalue weighted by atomic mass is 16.5. The maximum absolute atomic E-state index is 9.38. The van der Waals surface area contributed by atoms with Crippen molar-refractivity contribution in [3.8, 4) is 6.07 Å². The van der Waals surface area contributed by atoms with Crippen molar-refractivity contribution in [1.29, 1.82) is 5.26 Å². The van der Waals surface area contributed by atoms with Crippen LogP contribution in [0.2, 0.25) is 0 Å². The van der Waals surface area contributed by atoms with Crippen molar-refractivity contribution >= 4 is 0 Å². The molecule has 0 atom stereocenters. The van der Waals surface area contributed by atoms with Gasteiger partial charge in [0.25, 0.3) is 0 Å². The Kier molecular flexibility index (Phi) is 2.07. The van der Waals surface area contributed by atoms with E-state index in [9.17, 15) is 5.26 Å². The van der Waals surface area contributed by atoms with E-state index in [2.05, 4.69) is 6.07 Å². The van der Waals surface area contributed by atoms with Gasteiger partial charge in [-0.05, 0) is 31.6 Å². The van der Waals surface area contributed by atoms with Crippen molar-refractivity contribution in [1.82, 2.24) is 0 Å². The summed E-state index contributed by atoms with van der Waals surface area (Å²) in [5.41, 5.74) is 0.287. The molecule has 1 saturated heterocycles. The summed E-state index contributed by atoms with van der Waals surface area (Å²) in [6.45, 7) is 1.73. The summed E-state index contributed by atoms with van der Waals surface area (Å²) in [6, 6.07) is 2.61. The first-order valence-corrected chi connectivity index (χ1v) is 6.32. The molecule has 0 amide bonds. The third-order valence-corrected chi connectivity index (χ3v) is 5.02. The van der Waals surface area contributed by atoms with Gasteiger partial charge in [-0.3, -0.25) is 0 Å². The standard InChI is InChI=1S/C13H19NO/c14-8-12(6-7-12)13(9-15-10-13)11-4-2-1-3-5-11/h11H,1-7,9-10H2. The van der Waals surface area contributed by atoms with E-state index in [-0.39, 0.29) is 10.8 Å². The topological polar surface area (TPSA) is 33.0 Å². The van der Waals surface area contributed by atoms with Gasteiger partial charge in [0.1, 0.15) is 0 Å². The van der Waals surface area contributed by atoms with Gasteiger partial charge in [0.2, 0.25) is 0 Å². The fourth-order valence-corrected chi connectivity index (χ4v) is 3.73. The highest BCUT2D eigenvalue weighted by Gasteiger charge is 2.66. The summed E-state index contributed by atoms with van der Waals surface area (Å²) >= 11 is 0. The van der Waals surface area contributed by atoms with Gasteiger partial charge in [-0.25, -0.2) is 0 Å². The summed E-state index contributed by atoms with van der Waals surface area (Å²) in [6.07, 6.45) is 9.07. The molecule has 0 aromatic rings. The molecular weight excluding hydrogens is 186 g/mol. The van der Waals surface area contributed by atoms with E-state index in [4.69, 9.17) is 4.74 Å². The van der Waals surface area contributed by atoms with Crippen LogP contribution in [0.1, 0.15) is 44.9 Å². The fourth-order valence-electron chi connectivity index (χ4n) is 3.73. The van der Waals surface area contributed by atoms with Crippen LogP contribution >= 0.6 is 0 Å². The maximum atomic E-state index is 9.38. The second kappa shape index (κ2) is 3.22. The SMILES string of the molecule is N#CC1(C2(C3CCCCC3)COC2)CC1. The first-order chi connectivity index (χ1) is 7.33. The van der Waals surface area contributed by atoms with Crippen molar-refractivity contribution in [2.24, 2.45) is 16.7 Å². The van der Waals surface area contributed by atoms with Crippen molar-refractivity contribution in [3.05, 3.63) is 0 Å². The molecule has 0 radical (unpaired) electrons. The summed E-state index contributed by atoms with van der Waals surface area (Å²) in [5.74, 6) is 0.780. The van der Waals surface area contributed by atoms with E-state index < -0.39 is 0 Å². The lowest BCUT2D eigenvalue weighted by Gasteiger charge is -2.51. The predicted molar refractivity (Wildman–Crippen MR) is 57.1 cm³/mol. The molecule has 2 heteroatoms. The number of rotatable bonds is 2. The Bertz CT molecular complexity index is 290. The largest absolute Gasteiger partial charge is 0.380 e. The molecule has 15 heavy (non-hydrogen) atoms. The van der Waals surface area contributed by atoms with Gasteiger partial charge in [-0.2, -0.15) is 5.26 Å². The van der Waals surface area contributed by atoms with Crippen molar-refractivity contribution in [2.75, 3.05) is 13.2 Å². The average Bonchev–Trinajstić information content (AvgIpc) is 2.99. The van der Waals surface area contributed by atoms with Crippen LogP contribution < -0.4 is 0 Å². The minimum atomic E-state index is 0.0211. The van der Waals surface area contributed by atoms with Crippen LogP contribution in [-0.2, 0) is 4.74 Å². The number of nitriles is 1. The van der Waals surface area contributed by atoms with Crippen LogP contribution in [0.5, 0.6) is 0 Å². The van der Waals surface area contributed by atoms with Gasteiger partial charge in [0, 0.05) is 5.41 Å². The van der Waals surface area contributed by atoms with Crippen molar-refractivity contribution < 1.29 is 4.74 Å². The molecule has 2 nitrogen and oxygen atoms in total. The van der Waals surface area contributed by atoms with E-state index in [1.807, 2.05) is 0 Å². The Morgan fingerprint density at radius 2 is 1.73 bits per heavy atom. The molecular formula is C13H19NO. The predicted octanol–water partition coefficient (Wildman–Crippen LogP) is 2.89. The molecule has 3 aliphatic rings. The number of hydrogen-bond acceptors (Lipinski definition) is 2. The van der Waals surface area contributed by atoms with Gasteiger partial charge in [0.05, 0.1) is 24.7 Å². The lowest BCUT2D eigenvalue weighted by Crippen LogP contribution is -2.54. The first kappa shape index (κ1) is 9.66. The zero-order valence-electron chi connectivity index (χ0n) is 9.30. The van der Waals surface area contributed by atoms with E-state index in [0.717, 1.165) is 32.0 Å². The normalized spacial score (nSPS) is 32.7. The molecule has 0 aromatic carbocycles. The third kappa shape index (κ3) is 1.19. The van der Waals surface area contributed by atoms with Crippen LogP contribution in [0.3, 0.4) is 0 Å². The fraction of sp³-hybridized carbons (Fsp3) is 0.923. The average molecular weight is 205 g/mol. The molecule has 1 heterocycles. The summed E-state index contributed by atoms with van der Waals surface area (Å²) in [5, 5.41) is 9.38. The Hall–Kier alpha value is -0.550. The Balaban J connectivity index is 1.83. The quantitative estimate of drug-likeness (QED) is 0.694. The molecule has 0 aromatic heterocycles. The lowest BCUT2D eigenvalue weighted by atomic mass is 9.59. The molecule has 82 valence electrons. The van der Waals surface area contributed by atoms with E-state index in [1.165, 1.54) is 32.1 Å². The highest BCUT2D eigenvalue weighted by Crippen LogP contribution is 2.66. The highest BCUT2D eigenvalue weighted by molar-refractivity contribution is 5.22. The molecule has 3 rings (SSSR count). The van der Waals surface area contributed by atoms with Gasteiger partial charge in [-0.1, -0.05) is 19.3 Å². The molecule has 1 aliphatic heterocycles. The third-order valence-electron chi connectivity index (χ3n) is 5.02. The van der Waals surface area contributed by atoms with Crippen molar-refractivity contribution in [3.63, 3.8) is 0 Å². The van der Waals surface area contributed by atoms with Crippen LogP contribution in [-0.4, -0.2) is 13.2 Å². The minimum absolute atomic E-state index is 0.0211. The van der Waals surface area contributed by atoms with Gasteiger partial charge < -0.3 is 4.74 Å². The number of hydrogen-bond donors (Lipinski definition) is 0. The van der Waals surface area contributed by atoms with Crippen LogP contribution in [0.15, 0.2) is 0 Å². The lowest BCUT2D eigenvalue weighted by molar-refractivity contribution is -0.181. The van der Waals surface area contributed by atoms with Crippen LogP contribution in [0.4, 0.5) is 0 Å². The van der Waals surface area contributed by atoms with Crippen molar-refractivity contribution in [2.45, 2.75) is 44.9 Å². The number of ether oxygens (including phenoxy) is 1. The molecule has 2 aliphatic carbocycles. The summed E-state index contributed by atoms with van der Waals surface area (Å²) in [7, 11) is 0. The van der Waals surface area contributed by atoms with Gasteiger partial charge >= 0.3 is 0 Å². The second-order valence-corrected chi connectivity index (χ2v) is 5.68. The molecule has 3 fully saturated rings. The smallest absolute Gasteiger partial charge is 0.0697 e.